The maximum atomic E-state index is 12.9. The van der Waals surface area contributed by atoms with E-state index in [4.69, 9.17) is 5.11 Å². The molecule has 5 nitrogen and oxygen atoms in total. The Hall–Kier alpha value is -1.67. The van der Waals surface area contributed by atoms with E-state index in [0.29, 0.717) is 4.90 Å². The van der Waals surface area contributed by atoms with E-state index in [2.05, 4.69) is 5.32 Å². The lowest BCUT2D eigenvalue weighted by atomic mass is 10.1. The van der Waals surface area contributed by atoms with Gasteiger partial charge in [0, 0.05) is 4.90 Å². The first kappa shape index (κ1) is 16.4. The Bertz CT molecular complexity index is 522. The molecule has 1 atom stereocenters. The van der Waals surface area contributed by atoms with Crippen molar-refractivity contribution in [2.45, 2.75) is 17.4 Å². The molecule has 8 heteroatoms. The van der Waals surface area contributed by atoms with Gasteiger partial charge in [0.1, 0.15) is 0 Å². The van der Waals surface area contributed by atoms with Gasteiger partial charge in [0.05, 0.1) is 12.3 Å². The van der Waals surface area contributed by atoms with Crippen LogP contribution in [0.15, 0.2) is 23.1 Å². The number of carboxylic acids is 1. The Labute approximate surface area is 118 Å². The van der Waals surface area contributed by atoms with Crippen LogP contribution >= 0.6 is 11.8 Å². The van der Waals surface area contributed by atoms with Crippen molar-refractivity contribution in [3.05, 3.63) is 29.8 Å². The predicted octanol–water partition coefficient (Wildman–Crippen LogP) is 1.01. The highest BCUT2D eigenvalue weighted by molar-refractivity contribution is 8.00. The van der Waals surface area contributed by atoms with Crippen LogP contribution in [-0.4, -0.2) is 40.0 Å². The van der Waals surface area contributed by atoms with Crippen LogP contribution in [0, 0.1) is 11.6 Å². The van der Waals surface area contributed by atoms with E-state index < -0.39 is 35.7 Å². The number of aliphatic hydroxyl groups is 1. The number of thioether (sulfide) groups is 1. The zero-order chi connectivity index (χ0) is 15.3. The normalized spacial score (nSPS) is 13.6. The van der Waals surface area contributed by atoms with Gasteiger partial charge >= 0.3 is 5.97 Å². The van der Waals surface area contributed by atoms with Crippen molar-refractivity contribution in [1.82, 2.24) is 5.32 Å². The van der Waals surface area contributed by atoms with Gasteiger partial charge < -0.3 is 15.5 Å². The van der Waals surface area contributed by atoms with Gasteiger partial charge in [-0.05, 0) is 25.1 Å². The van der Waals surface area contributed by atoms with E-state index in [-0.39, 0.29) is 5.75 Å². The summed E-state index contributed by atoms with van der Waals surface area (Å²) in [5.41, 5.74) is -2.05. The average Bonchev–Trinajstić information content (AvgIpc) is 2.37. The fraction of sp³-hybridized carbons (Fsp3) is 0.333. The minimum atomic E-state index is -2.05. The summed E-state index contributed by atoms with van der Waals surface area (Å²) in [5.74, 6) is -4.08. The van der Waals surface area contributed by atoms with Crippen LogP contribution in [-0.2, 0) is 9.59 Å². The molecule has 0 spiro atoms. The average molecular weight is 305 g/mol. The molecule has 0 saturated heterocycles. The van der Waals surface area contributed by atoms with Gasteiger partial charge in [-0.15, -0.1) is 11.8 Å². The van der Waals surface area contributed by atoms with Crippen molar-refractivity contribution in [2.24, 2.45) is 0 Å². The first-order valence-corrected chi connectivity index (χ1v) is 6.51. The second-order valence-corrected chi connectivity index (χ2v) is 5.27. The van der Waals surface area contributed by atoms with Gasteiger partial charge in [0.2, 0.25) is 5.91 Å². The molecule has 0 fully saturated rings. The molecule has 0 aliphatic rings. The van der Waals surface area contributed by atoms with Crippen LogP contribution in [0.3, 0.4) is 0 Å². The van der Waals surface area contributed by atoms with Crippen LogP contribution in [0.25, 0.3) is 0 Å². The van der Waals surface area contributed by atoms with Crippen LogP contribution in [0.5, 0.6) is 0 Å². The predicted molar refractivity (Wildman–Crippen MR) is 68.4 cm³/mol. The molecule has 20 heavy (non-hydrogen) atoms. The monoisotopic (exact) mass is 305 g/mol. The quantitative estimate of drug-likeness (QED) is 0.683. The largest absolute Gasteiger partial charge is 0.479 e. The molecule has 0 saturated carbocycles. The molecule has 0 aliphatic heterocycles. The van der Waals surface area contributed by atoms with Gasteiger partial charge in [-0.3, -0.25) is 4.79 Å². The van der Waals surface area contributed by atoms with Gasteiger partial charge in [0.25, 0.3) is 0 Å². The number of benzene rings is 1. The van der Waals surface area contributed by atoms with Crippen molar-refractivity contribution < 1.29 is 28.6 Å². The van der Waals surface area contributed by atoms with Crippen molar-refractivity contribution >= 4 is 23.6 Å². The summed E-state index contributed by atoms with van der Waals surface area (Å²) in [6.07, 6.45) is 0. The van der Waals surface area contributed by atoms with Crippen LogP contribution in [0.2, 0.25) is 0 Å². The third-order valence-corrected chi connectivity index (χ3v) is 3.35. The summed E-state index contributed by atoms with van der Waals surface area (Å²) in [7, 11) is 0. The third-order valence-electron chi connectivity index (χ3n) is 2.35. The summed E-state index contributed by atoms with van der Waals surface area (Å²) in [6.45, 7) is 0.609. The molecule has 0 aliphatic carbocycles. The molecule has 0 bridgehead atoms. The summed E-state index contributed by atoms with van der Waals surface area (Å²) in [5, 5.41) is 20.3. The second kappa shape index (κ2) is 6.67. The molecule has 3 N–H and O–H groups in total. The number of amides is 1. The molecule has 0 aromatic heterocycles. The van der Waals surface area contributed by atoms with E-state index >= 15 is 0 Å². The van der Waals surface area contributed by atoms with Crippen molar-refractivity contribution in [3.63, 3.8) is 0 Å². The molecule has 1 amide bonds. The molecule has 1 aromatic rings. The number of hydrogen-bond donors (Lipinski definition) is 3. The molecular weight excluding hydrogens is 292 g/mol. The first-order valence-electron chi connectivity index (χ1n) is 5.52. The number of hydrogen-bond acceptors (Lipinski definition) is 4. The summed E-state index contributed by atoms with van der Waals surface area (Å²) in [6, 6.07) is 3.23. The van der Waals surface area contributed by atoms with Crippen LogP contribution in [0.1, 0.15) is 6.92 Å². The molecule has 1 unspecified atom stereocenters. The maximum Gasteiger partial charge on any atom is 0.337 e. The Morgan fingerprint density at radius 1 is 1.35 bits per heavy atom. The van der Waals surface area contributed by atoms with Crippen molar-refractivity contribution in [2.75, 3.05) is 12.3 Å². The third kappa shape index (κ3) is 4.78. The highest BCUT2D eigenvalue weighted by Gasteiger charge is 2.30. The number of nitrogens with one attached hydrogen (secondary N) is 1. The fourth-order valence-electron chi connectivity index (χ4n) is 1.11. The lowest BCUT2D eigenvalue weighted by Gasteiger charge is -2.18. The van der Waals surface area contributed by atoms with E-state index in [0.717, 1.165) is 30.8 Å². The van der Waals surface area contributed by atoms with E-state index in [1.807, 2.05) is 0 Å². The number of carbonyl (C=O) groups is 2. The minimum absolute atomic E-state index is 0.110. The zero-order valence-electron chi connectivity index (χ0n) is 10.5. The zero-order valence-corrected chi connectivity index (χ0v) is 11.3. The van der Waals surface area contributed by atoms with E-state index in [9.17, 15) is 23.5 Å². The number of halogens is 2. The van der Waals surface area contributed by atoms with E-state index in [1.165, 1.54) is 6.07 Å². The first-order chi connectivity index (χ1) is 9.22. The maximum absolute atomic E-state index is 12.9. The fourth-order valence-corrected chi connectivity index (χ4v) is 1.86. The molecular formula is C12H13F2NO4S. The second-order valence-electron chi connectivity index (χ2n) is 4.22. The molecule has 1 aromatic carbocycles. The minimum Gasteiger partial charge on any atom is -0.479 e. The molecule has 110 valence electrons. The molecule has 0 heterocycles. The van der Waals surface area contributed by atoms with Crippen molar-refractivity contribution in [1.29, 1.82) is 0 Å². The highest BCUT2D eigenvalue weighted by Crippen LogP contribution is 2.20. The number of aliphatic carboxylic acids is 1. The summed E-state index contributed by atoms with van der Waals surface area (Å²) in [4.78, 5) is 22.4. The molecule has 0 radical (unpaired) electrons. The topological polar surface area (TPSA) is 86.6 Å². The van der Waals surface area contributed by atoms with Gasteiger partial charge in [-0.2, -0.15) is 0 Å². The van der Waals surface area contributed by atoms with E-state index in [1.54, 1.807) is 0 Å². The van der Waals surface area contributed by atoms with Crippen LogP contribution in [0.4, 0.5) is 8.78 Å². The Kier molecular flexibility index (Phi) is 5.46. The molecule has 1 rings (SSSR count). The lowest BCUT2D eigenvalue weighted by Crippen LogP contribution is -2.46. The SMILES string of the molecule is CC(O)(CNC(=O)CSc1ccc(F)c(F)c1)C(=O)O. The van der Waals surface area contributed by atoms with Crippen LogP contribution < -0.4 is 5.32 Å². The number of rotatable bonds is 6. The smallest absolute Gasteiger partial charge is 0.337 e. The van der Waals surface area contributed by atoms with Gasteiger partial charge in [-0.1, -0.05) is 0 Å². The Morgan fingerprint density at radius 2 is 2.00 bits per heavy atom. The van der Waals surface area contributed by atoms with Crippen molar-refractivity contribution in [3.8, 4) is 0 Å². The van der Waals surface area contributed by atoms with Gasteiger partial charge in [0.15, 0.2) is 17.2 Å². The lowest BCUT2D eigenvalue weighted by molar-refractivity contribution is -0.156. The summed E-state index contributed by atoms with van der Waals surface area (Å²) < 4.78 is 25.6. The number of carbonyl (C=O) groups excluding carboxylic acids is 1. The highest BCUT2D eigenvalue weighted by atomic mass is 32.2. The van der Waals surface area contributed by atoms with Gasteiger partial charge in [-0.25, -0.2) is 13.6 Å². The Balaban J connectivity index is 2.44. The standard InChI is InChI=1S/C12H13F2NO4S/c1-12(19,11(17)18)6-15-10(16)5-20-7-2-3-8(13)9(14)4-7/h2-4,19H,5-6H2,1H3,(H,15,16)(H,17,18). The summed E-state index contributed by atoms with van der Waals surface area (Å²) >= 11 is 0.963. The Morgan fingerprint density at radius 3 is 2.55 bits per heavy atom. The number of carboxylic acid groups (broad SMARTS) is 1.